The molecular weight excluding hydrogens is 301 g/mol. The number of benzene rings is 1. The fraction of sp³-hybridized carbons (Fsp3) is 0.462. The van der Waals surface area contributed by atoms with E-state index in [9.17, 15) is 19.3 Å². The Bertz CT molecular complexity index is 537. The third kappa shape index (κ3) is 4.95. The van der Waals surface area contributed by atoms with Crippen LogP contribution in [0.15, 0.2) is 18.2 Å². The molecule has 1 rings (SSSR count). The van der Waals surface area contributed by atoms with Crippen LogP contribution in [0.1, 0.15) is 24.2 Å². The molecule has 0 saturated heterocycles. The highest BCUT2D eigenvalue weighted by Gasteiger charge is 2.27. The molecule has 0 aliphatic rings. The summed E-state index contributed by atoms with van der Waals surface area (Å²) in [6, 6.07) is 2.90. The van der Waals surface area contributed by atoms with E-state index < -0.39 is 22.3 Å². The quantitative estimate of drug-likeness (QED) is 0.665. The van der Waals surface area contributed by atoms with Crippen LogP contribution in [0.2, 0.25) is 0 Å². The van der Waals surface area contributed by atoms with Crippen molar-refractivity contribution < 1.29 is 14.1 Å². The molecule has 6 nitrogen and oxygen atoms in total. The van der Waals surface area contributed by atoms with Crippen molar-refractivity contribution in [2.75, 3.05) is 20.1 Å². The topological polar surface area (TPSA) is 89.5 Å². The molecule has 2 N–H and O–H groups in total. The molecule has 0 bridgehead atoms. The first-order valence-corrected chi connectivity index (χ1v) is 6.07. The lowest BCUT2D eigenvalue weighted by Gasteiger charge is -2.29. The van der Waals surface area contributed by atoms with E-state index in [4.69, 9.17) is 5.73 Å². The maximum atomic E-state index is 13.1. The third-order valence-corrected chi connectivity index (χ3v) is 2.95. The molecular formula is C13H19ClFN3O3. The molecule has 0 unspecified atom stereocenters. The second kappa shape index (κ2) is 7.33. The summed E-state index contributed by atoms with van der Waals surface area (Å²) in [6.07, 6.45) is 0. The summed E-state index contributed by atoms with van der Waals surface area (Å²) in [4.78, 5) is 23.7. The Morgan fingerprint density at radius 2 is 2.05 bits per heavy atom. The molecule has 0 aromatic heterocycles. The van der Waals surface area contributed by atoms with Gasteiger partial charge in [0.1, 0.15) is 11.4 Å². The van der Waals surface area contributed by atoms with Crippen LogP contribution in [-0.4, -0.2) is 35.9 Å². The van der Waals surface area contributed by atoms with Gasteiger partial charge in [-0.25, -0.2) is 4.39 Å². The van der Waals surface area contributed by atoms with E-state index in [1.54, 1.807) is 0 Å². The van der Waals surface area contributed by atoms with Crippen molar-refractivity contribution in [1.82, 2.24) is 4.90 Å². The van der Waals surface area contributed by atoms with Crippen molar-refractivity contribution in [3.8, 4) is 0 Å². The maximum absolute atomic E-state index is 13.1. The number of nitrogens with two attached hydrogens (primary N) is 1. The van der Waals surface area contributed by atoms with Crippen LogP contribution in [0.5, 0.6) is 0 Å². The zero-order valence-electron chi connectivity index (χ0n) is 12.1. The molecule has 1 amide bonds. The van der Waals surface area contributed by atoms with Gasteiger partial charge in [0, 0.05) is 13.6 Å². The predicted molar refractivity (Wildman–Crippen MR) is 80.1 cm³/mol. The molecule has 0 spiro atoms. The van der Waals surface area contributed by atoms with Crippen LogP contribution in [0.4, 0.5) is 10.1 Å². The molecule has 0 atom stereocenters. The van der Waals surface area contributed by atoms with Crippen LogP contribution in [0.3, 0.4) is 0 Å². The average Bonchev–Trinajstić information content (AvgIpc) is 2.37. The van der Waals surface area contributed by atoms with Gasteiger partial charge in [0.2, 0.25) is 0 Å². The largest absolute Gasteiger partial charge is 0.341 e. The number of rotatable bonds is 5. The Morgan fingerprint density at radius 1 is 1.48 bits per heavy atom. The lowest BCUT2D eigenvalue weighted by molar-refractivity contribution is -0.385. The summed E-state index contributed by atoms with van der Waals surface area (Å²) in [5.74, 6) is -1.28. The monoisotopic (exact) mass is 319 g/mol. The summed E-state index contributed by atoms with van der Waals surface area (Å²) in [5.41, 5.74) is 4.62. The molecule has 0 radical (unpaired) electrons. The van der Waals surface area contributed by atoms with Gasteiger partial charge in [-0.15, -0.1) is 12.4 Å². The maximum Gasteiger partial charge on any atom is 0.285 e. The molecule has 0 saturated carbocycles. The van der Waals surface area contributed by atoms with Crippen LogP contribution in [0.25, 0.3) is 0 Å². The number of hydrogen-bond donors (Lipinski definition) is 1. The van der Waals surface area contributed by atoms with Crippen LogP contribution in [-0.2, 0) is 0 Å². The summed E-state index contributed by atoms with van der Waals surface area (Å²) >= 11 is 0. The average molecular weight is 320 g/mol. The van der Waals surface area contributed by atoms with E-state index in [2.05, 4.69) is 0 Å². The highest BCUT2D eigenvalue weighted by Crippen LogP contribution is 2.23. The number of halogens is 2. The van der Waals surface area contributed by atoms with E-state index in [1.807, 2.05) is 13.8 Å². The van der Waals surface area contributed by atoms with Gasteiger partial charge >= 0.3 is 0 Å². The minimum absolute atomic E-state index is 0. The summed E-state index contributed by atoms with van der Waals surface area (Å²) in [5, 5.41) is 10.9. The number of carbonyl (C=O) groups excluding carboxylic acids is 1. The molecule has 8 heteroatoms. The van der Waals surface area contributed by atoms with Crippen molar-refractivity contribution >= 4 is 24.0 Å². The van der Waals surface area contributed by atoms with Gasteiger partial charge in [-0.2, -0.15) is 0 Å². The molecule has 1 aromatic rings. The minimum atomic E-state index is -0.766. The van der Waals surface area contributed by atoms with Crippen LogP contribution < -0.4 is 5.73 Å². The Kier molecular flexibility index (Phi) is 6.72. The molecule has 1 aromatic carbocycles. The highest BCUT2D eigenvalue weighted by atomic mass is 35.5. The van der Waals surface area contributed by atoms with E-state index in [0.29, 0.717) is 13.1 Å². The van der Waals surface area contributed by atoms with Gasteiger partial charge in [-0.3, -0.25) is 14.9 Å². The Hall–Kier alpha value is -1.73. The second-order valence-electron chi connectivity index (χ2n) is 5.45. The molecule has 21 heavy (non-hydrogen) atoms. The van der Waals surface area contributed by atoms with Gasteiger partial charge in [0.25, 0.3) is 11.6 Å². The SMILES string of the molecule is CN(CC(C)(C)CN)C(=O)c1ccc(F)cc1[N+](=O)[O-].Cl. The number of hydrogen-bond acceptors (Lipinski definition) is 4. The van der Waals surface area contributed by atoms with Crippen LogP contribution in [0, 0.1) is 21.3 Å². The van der Waals surface area contributed by atoms with Gasteiger partial charge in [0.15, 0.2) is 0 Å². The predicted octanol–water partition coefficient (Wildman–Crippen LogP) is 2.21. The van der Waals surface area contributed by atoms with E-state index in [0.717, 1.165) is 18.2 Å². The number of nitrogens with zero attached hydrogens (tertiary/aromatic N) is 2. The minimum Gasteiger partial charge on any atom is -0.341 e. The van der Waals surface area contributed by atoms with E-state index >= 15 is 0 Å². The first-order chi connectivity index (χ1) is 9.18. The Balaban J connectivity index is 0.00000400. The zero-order chi connectivity index (χ0) is 15.5. The van der Waals surface area contributed by atoms with Crippen molar-refractivity contribution in [3.05, 3.63) is 39.7 Å². The number of amides is 1. The summed E-state index contributed by atoms with van der Waals surface area (Å²) < 4.78 is 13.1. The zero-order valence-corrected chi connectivity index (χ0v) is 12.9. The van der Waals surface area contributed by atoms with Gasteiger partial charge < -0.3 is 10.6 Å². The summed E-state index contributed by atoms with van der Waals surface area (Å²) in [6.45, 7) is 4.48. The molecule has 118 valence electrons. The first kappa shape index (κ1) is 19.3. The number of carbonyl (C=O) groups is 1. The Labute approximate surface area is 128 Å². The molecule has 0 heterocycles. The van der Waals surface area contributed by atoms with Crippen LogP contribution >= 0.6 is 12.4 Å². The van der Waals surface area contributed by atoms with Gasteiger partial charge in [-0.05, 0) is 24.1 Å². The fourth-order valence-electron chi connectivity index (χ4n) is 1.82. The number of nitro benzene ring substituents is 1. The van der Waals surface area contributed by atoms with E-state index in [-0.39, 0.29) is 23.4 Å². The normalized spacial score (nSPS) is 10.7. The smallest absolute Gasteiger partial charge is 0.285 e. The molecule has 0 fully saturated rings. The van der Waals surface area contributed by atoms with Crippen molar-refractivity contribution in [2.45, 2.75) is 13.8 Å². The van der Waals surface area contributed by atoms with Crippen molar-refractivity contribution in [1.29, 1.82) is 0 Å². The van der Waals surface area contributed by atoms with E-state index in [1.165, 1.54) is 11.9 Å². The third-order valence-electron chi connectivity index (χ3n) is 2.95. The lowest BCUT2D eigenvalue weighted by atomic mass is 9.93. The Morgan fingerprint density at radius 3 is 2.52 bits per heavy atom. The van der Waals surface area contributed by atoms with Crippen molar-refractivity contribution in [2.24, 2.45) is 11.1 Å². The summed E-state index contributed by atoms with van der Waals surface area (Å²) in [7, 11) is 1.53. The van der Waals surface area contributed by atoms with Gasteiger partial charge in [0.05, 0.1) is 11.0 Å². The fourth-order valence-corrected chi connectivity index (χ4v) is 1.82. The van der Waals surface area contributed by atoms with Crippen molar-refractivity contribution in [3.63, 3.8) is 0 Å². The molecule has 0 aliphatic heterocycles. The number of nitro groups is 1. The molecule has 0 aliphatic carbocycles. The lowest BCUT2D eigenvalue weighted by Crippen LogP contribution is -2.39. The standard InChI is InChI=1S/C13H18FN3O3.ClH/c1-13(2,7-15)8-16(3)12(18)10-5-4-9(14)6-11(10)17(19)20;/h4-6H,7-8,15H2,1-3H3;1H. The highest BCUT2D eigenvalue weighted by molar-refractivity contribution is 5.98. The second-order valence-corrected chi connectivity index (χ2v) is 5.45. The van der Waals surface area contributed by atoms with Gasteiger partial charge in [-0.1, -0.05) is 13.8 Å². The first-order valence-electron chi connectivity index (χ1n) is 6.07.